The average molecular weight is 287 g/mol. The molecule has 0 unspecified atom stereocenters. The summed E-state index contributed by atoms with van der Waals surface area (Å²) in [6.45, 7) is 0.394. The van der Waals surface area contributed by atoms with E-state index < -0.39 is 0 Å². The molecule has 0 fully saturated rings. The van der Waals surface area contributed by atoms with Crippen LogP contribution in [0.2, 0.25) is 0 Å². The molecule has 0 saturated carbocycles. The zero-order valence-electron chi connectivity index (χ0n) is 10.9. The molecule has 1 N–H and O–H groups in total. The lowest BCUT2D eigenvalue weighted by molar-refractivity contribution is 0.0954. The summed E-state index contributed by atoms with van der Waals surface area (Å²) < 4.78 is 7.09. The fraction of sp³-hybridized carbons (Fsp3) is 0.143. The zero-order valence-corrected chi connectivity index (χ0v) is 11.7. The number of rotatable bonds is 4. The summed E-state index contributed by atoms with van der Waals surface area (Å²) in [6, 6.07) is 9.28. The number of nitrogens with zero attached hydrogens (tertiary/aromatic N) is 2. The molecule has 3 rings (SSSR count). The molecule has 0 aliphatic heterocycles. The van der Waals surface area contributed by atoms with Crippen LogP contribution in [0.25, 0.3) is 11.5 Å². The number of hydrogen-bond donors (Lipinski definition) is 1. The van der Waals surface area contributed by atoms with Gasteiger partial charge >= 0.3 is 0 Å². The molecule has 0 aliphatic rings. The van der Waals surface area contributed by atoms with Crippen molar-refractivity contribution < 1.29 is 9.21 Å². The van der Waals surface area contributed by atoms with Gasteiger partial charge < -0.3 is 9.73 Å². The molecule has 5 nitrogen and oxygen atoms in total. The van der Waals surface area contributed by atoms with Crippen molar-refractivity contribution in [3.05, 3.63) is 52.5 Å². The second kappa shape index (κ2) is 5.34. The maximum absolute atomic E-state index is 11.8. The molecule has 0 saturated heterocycles. The Hall–Kier alpha value is -2.34. The van der Waals surface area contributed by atoms with E-state index in [2.05, 4.69) is 10.4 Å². The maximum atomic E-state index is 11.8. The standard InChI is InChI=1S/C14H13N3O2S/c1-17-11(12-4-2-6-19-12)8-10(16-17)9-15-14(18)13-5-3-7-20-13/h2-8H,9H2,1H3,(H,15,18). The molecule has 3 heterocycles. The molecule has 0 bridgehead atoms. The van der Waals surface area contributed by atoms with Crippen molar-refractivity contribution >= 4 is 17.2 Å². The van der Waals surface area contributed by atoms with Gasteiger partial charge in [-0.25, -0.2) is 0 Å². The molecule has 1 amide bonds. The highest BCUT2D eigenvalue weighted by Gasteiger charge is 2.11. The van der Waals surface area contributed by atoms with Gasteiger partial charge in [-0.05, 0) is 29.6 Å². The summed E-state index contributed by atoms with van der Waals surface area (Å²) in [5, 5.41) is 9.10. The van der Waals surface area contributed by atoms with Crippen molar-refractivity contribution in [1.82, 2.24) is 15.1 Å². The van der Waals surface area contributed by atoms with Gasteiger partial charge in [-0.2, -0.15) is 5.10 Å². The van der Waals surface area contributed by atoms with Gasteiger partial charge in [0.25, 0.3) is 5.91 Å². The van der Waals surface area contributed by atoms with E-state index in [9.17, 15) is 4.79 Å². The first-order valence-electron chi connectivity index (χ1n) is 6.12. The van der Waals surface area contributed by atoms with Crippen LogP contribution in [0.1, 0.15) is 15.4 Å². The minimum absolute atomic E-state index is 0.0785. The van der Waals surface area contributed by atoms with Gasteiger partial charge in [-0.3, -0.25) is 9.48 Å². The zero-order chi connectivity index (χ0) is 13.9. The van der Waals surface area contributed by atoms with E-state index in [-0.39, 0.29) is 5.91 Å². The average Bonchev–Trinajstić information content (AvgIpc) is 3.17. The SMILES string of the molecule is Cn1nc(CNC(=O)c2cccs2)cc1-c1ccco1. The third-order valence-corrected chi connectivity index (χ3v) is 3.75. The Bertz CT molecular complexity index is 699. The number of carbonyl (C=O) groups excluding carboxylic acids is 1. The molecule has 102 valence electrons. The summed E-state index contributed by atoms with van der Waals surface area (Å²) in [5.74, 6) is 0.682. The van der Waals surface area contributed by atoms with E-state index in [1.165, 1.54) is 11.3 Å². The smallest absolute Gasteiger partial charge is 0.261 e. The predicted octanol–water partition coefficient (Wildman–Crippen LogP) is 2.67. The summed E-state index contributed by atoms with van der Waals surface area (Å²) >= 11 is 1.42. The molecule has 0 aromatic carbocycles. The van der Waals surface area contributed by atoms with Crippen molar-refractivity contribution in [3.8, 4) is 11.5 Å². The van der Waals surface area contributed by atoms with Crippen LogP contribution < -0.4 is 5.32 Å². The highest BCUT2D eigenvalue weighted by molar-refractivity contribution is 7.12. The number of hydrogen-bond acceptors (Lipinski definition) is 4. The quantitative estimate of drug-likeness (QED) is 0.802. The third kappa shape index (κ3) is 2.50. The van der Waals surface area contributed by atoms with Crippen LogP contribution in [0.15, 0.2) is 46.4 Å². The van der Waals surface area contributed by atoms with Crippen LogP contribution >= 0.6 is 11.3 Å². The van der Waals surface area contributed by atoms with E-state index in [0.29, 0.717) is 11.4 Å². The number of aromatic nitrogens is 2. The lowest BCUT2D eigenvalue weighted by Gasteiger charge is -1.99. The second-order valence-corrected chi connectivity index (χ2v) is 5.23. The minimum atomic E-state index is -0.0785. The van der Waals surface area contributed by atoms with Crippen LogP contribution in [0.5, 0.6) is 0 Å². The fourth-order valence-corrected chi connectivity index (χ4v) is 2.57. The molecular weight excluding hydrogens is 274 g/mol. The van der Waals surface area contributed by atoms with Crippen LogP contribution in [0.4, 0.5) is 0 Å². The Balaban J connectivity index is 1.70. The van der Waals surface area contributed by atoms with E-state index >= 15 is 0 Å². The van der Waals surface area contributed by atoms with Gasteiger partial charge in [0.1, 0.15) is 5.69 Å². The summed E-state index contributed by atoms with van der Waals surface area (Å²) in [7, 11) is 1.85. The van der Waals surface area contributed by atoms with Gasteiger partial charge in [0, 0.05) is 7.05 Å². The van der Waals surface area contributed by atoms with Gasteiger partial charge in [-0.1, -0.05) is 6.07 Å². The lowest BCUT2D eigenvalue weighted by atomic mass is 10.3. The summed E-state index contributed by atoms with van der Waals surface area (Å²) in [4.78, 5) is 12.5. The van der Waals surface area contributed by atoms with Gasteiger partial charge in [0.2, 0.25) is 0 Å². The van der Waals surface area contributed by atoms with Crippen LogP contribution in [0, 0.1) is 0 Å². The van der Waals surface area contributed by atoms with Crippen LogP contribution in [0.3, 0.4) is 0 Å². The van der Waals surface area contributed by atoms with Gasteiger partial charge in [0.05, 0.1) is 23.4 Å². The minimum Gasteiger partial charge on any atom is -0.463 e. The second-order valence-electron chi connectivity index (χ2n) is 4.28. The Morgan fingerprint density at radius 1 is 1.45 bits per heavy atom. The molecule has 0 atom stereocenters. The topological polar surface area (TPSA) is 60.1 Å². The number of carbonyl (C=O) groups is 1. The van der Waals surface area contributed by atoms with Gasteiger partial charge in [-0.15, -0.1) is 11.3 Å². The van der Waals surface area contributed by atoms with Gasteiger partial charge in [0.15, 0.2) is 5.76 Å². The van der Waals surface area contributed by atoms with Crippen molar-refractivity contribution in [1.29, 1.82) is 0 Å². The van der Waals surface area contributed by atoms with Crippen LogP contribution in [-0.2, 0) is 13.6 Å². The highest BCUT2D eigenvalue weighted by Crippen LogP contribution is 2.20. The van der Waals surface area contributed by atoms with E-state index in [1.54, 1.807) is 17.0 Å². The van der Waals surface area contributed by atoms with E-state index in [0.717, 1.165) is 17.1 Å². The largest absolute Gasteiger partial charge is 0.463 e. The van der Waals surface area contributed by atoms with Crippen molar-refractivity contribution in [2.45, 2.75) is 6.54 Å². The fourth-order valence-electron chi connectivity index (χ4n) is 1.93. The number of amides is 1. The Morgan fingerprint density at radius 3 is 3.05 bits per heavy atom. The van der Waals surface area contributed by atoms with E-state index in [4.69, 9.17) is 4.42 Å². The third-order valence-electron chi connectivity index (χ3n) is 2.88. The number of aryl methyl sites for hydroxylation is 1. The number of furan rings is 1. The first kappa shape index (κ1) is 12.7. The summed E-state index contributed by atoms with van der Waals surface area (Å²) in [5.41, 5.74) is 1.68. The first-order valence-corrected chi connectivity index (χ1v) is 7.00. The monoisotopic (exact) mass is 287 g/mol. The molecule has 6 heteroatoms. The number of thiophene rings is 1. The predicted molar refractivity (Wildman–Crippen MR) is 76.4 cm³/mol. The molecule has 0 aliphatic carbocycles. The molecule has 0 radical (unpaired) electrons. The van der Waals surface area contributed by atoms with Crippen molar-refractivity contribution in [2.24, 2.45) is 7.05 Å². The maximum Gasteiger partial charge on any atom is 0.261 e. The van der Waals surface area contributed by atoms with Crippen LogP contribution in [-0.4, -0.2) is 15.7 Å². The molecule has 3 aromatic heterocycles. The van der Waals surface area contributed by atoms with E-state index in [1.807, 2.05) is 36.7 Å². The lowest BCUT2D eigenvalue weighted by Crippen LogP contribution is -2.22. The highest BCUT2D eigenvalue weighted by atomic mass is 32.1. The molecule has 20 heavy (non-hydrogen) atoms. The molecule has 0 spiro atoms. The molecular formula is C14H13N3O2S. The Morgan fingerprint density at radius 2 is 2.35 bits per heavy atom. The Labute approximate surface area is 119 Å². The first-order chi connectivity index (χ1) is 9.74. The molecule has 3 aromatic rings. The van der Waals surface area contributed by atoms with Crippen molar-refractivity contribution in [3.63, 3.8) is 0 Å². The van der Waals surface area contributed by atoms with Crippen molar-refractivity contribution in [2.75, 3.05) is 0 Å². The Kier molecular flexibility index (Phi) is 3.39. The number of nitrogens with one attached hydrogen (secondary N) is 1. The normalized spacial score (nSPS) is 10.7. The summed E-state index contributed by atoms with van der Waals surface area (Å²) in [6.07, 6.45) is 1.63.